The molecule has 0 unspecified atom stereocenters. The molecule has 7 heteroatoms. The third kappa shape index (κ3) is 3.82. The lowest BCUT2D eigenvalue weighted by Gasteiger charge is -2.20. The molecule has 0 spiro atoms. The first-order valence-corrected chi connectivity index (χ1v) is 8.05. The van der Waals surface area contributed by atoms with Crippen molar-refractivity contribution in [3.8, 4) is 5.75 Å². The number of carboxylic acid groups (broad SMARTS) is 2. The van der Waals surface area contributed by atoms with Gasteiger partial charge in [0.15, 0.2) is 6.10 Å². The number of hydrogen-bond donors (Lipinski definition) is 0. The van der Waals surface area contributed by atoms with Gasteiger partial charge in [0, 0.05) is 29.4 Å². The van der Waals surface area contributed by atoms with Gasteiger partial charge < -0.3 is 29.0 Å². The number of fused-ring (bicyclic) bond motifs is 1. The summed E-state index contributed by atoms with van der Waals surface area (Å²) in [5, 5.41) is 22.8. The van der Waals surface area contributed by atoms with Crippen LogP contribution in [-0.2, 0) is 16.0 Å². The Bertz CT molecular complexity index is 1070. The first kappa shape index (κ1) is 18.2. The molecule has 0 bridgehead atoms. The number of carboxylic acids is 2. The standard InChI is InChI=1S/C20H16O7/c1-11-14-8-7-13(9-16(14)27-20(25)15(11)10-17(21)22)26-18(19(23)24)12-5-3-2-4-6-12/h2-9,18H,10H2,1H3,(H,21,22)(H,23,24)/p-2/t18-/m0/s1. The quantitative estimate of drug-likeness (QED) is 0.574. The number of aliphatic carboxylic acids is 2. The smallest absolute Gasteiger partial charge is 0.340 e. The van der Waals surface area contributed by atoms with Crippen LogP contribution in [0.15, 0.2) is 57.7 Å². The molecule has 0 saturated heterocycles. The van der Waals surface area contributed by atoms with Gasteiger partial charge in [0.05, 0.1) is 5.97 Å². The number of carbonyl (C=O) groups is 2. The van der Waals surface area contributed by atoms with Crippen LogP contribution in [0.5, 0.6) is 5.75 Å². The summed E-state index contributed by atoms with van der Waals surface area (Å²) >= 11 is 0. The van der Waals surface area contributed by atoms with E-state index in [4.69, 9.17) is 9.15 Å². The van der Waals surface area contributed by atoms with E-state index >= 15 is 0 Å². The topological polar surface area (TPSA) is 120 Å². The fourth-order valence-corrected chi connectivity index (χ4v) is 2.81. The zero-order valence-electron chi connectivity index (χ0n) is 14.3. The van der Waals surface area contributed by atoms with Crippen LogP contribution < -0.4 is 20.6 Å². The van der Waals surface area contributed by atoms with Crippen molar-refractivity contribution >= 4 is 22.9 Å². The predicted molar refractivity (Wildman–Crippen MR) is 90.8 cm³/mol. The lowest BCUT2D eigenvalue weighted by atomic mass is 10.0. The van der Waals surface area contributed by atoms with Gasteiger partial charge in [-0.05, 0) is 30.2 Å². The average Bonchev–Trinajstić information content (AvgIpc) is 2.63. The van der Waals surface area contributed by atoms with Crippen LogP contribution in [0.4, 0.5) is 0 Å². The molecule has 1 atom stereocenters. The molecular weight excluding hydrogens is 352 g/mol. The summed E-state index contributed by atoms with van der Waals surface area (Å²) in [6.45, 7) is 1.60. The van der Waals surface area contributed by atoms with Crippen molar-refractivity contribution in [2.24, 2.45) is 0 Å². The molecule has 3 rings (SSSR count). The Morgan fingerprint density at radius 1 is 1.11 bits per heavy atom. The van der Waals surface area contributed by atoms with Gasteiger partial charge in [-0.2, -0.15) is 0 Å². The Hall–Kier alpha value is -3.61. The predicted octanol–water partition coefficient (Wildman–Crippen LogP) is 0.264. The first-order valence-electron chi connectivity index (χ1n) is 8.05. The van der Waals surface area contributed by atoms with E-state index < -0.39 is 30.1 Å². The SMILES string of the molecule is Cc1c(CC(=O)[O-])c(=O)oc2cc(O[C@H](C(=O)[O-])c3ccccc3)ccc12. The fourth-order valence-electron chi connectivity index (χ4n) is 2.81. The first-order chi connectivity index (χ1) is 12.9. The molecule has 7 nitrogen and oxygen atoms in total. The number of aryl methyl sites for hydroxylation is 1. The van der Waals surface area contributed by atoms with Crippen LogP contribution in [-0.4, -0.2) is 11.9 Å². The monoisotopic (exact) mass is 366 g/mol. The molecule has 27 heavy (non-hydrogen) atoms. The molecule has 138 valence electrons. The second-order valence-electron chi connectivity index (χ2n) is 5.93. The number of rotatable bonds is 6. The van der Waals surface area contributed by atoms with Crippen LogP contribution in [0.25, 0.3) is 11.0 Å². The van der Waals surface area contributed by atoms with E-state index in [1.165, 1.54) is 12.1 Å². The van der Waals surface area contributed by atoms with Gasteiger partial charge in [-0.15, -0.1) is 0 Å². The minimum absolute atomic E-state index is 0.00747. The van der Waals surface area contributed by atoms with E-state index in [1.807, 2.05) is 0 Å². The summed E-state index contributed by atoms with van der Waals surface area (Å²) in [4.78, 5) is 34.3. The van der Waals surface area contributed by atoms with E-state index in [0.29, 0.717) is 16.5 Å². The van der Waals surface area contributed by atoms with E-state index in [2.05, 4.69) is 0 Å². The maximum atomic E-state index is 12.1. The van der Waals surface area contributed by atoms with Crippen LogP contribution in [0.3, 0.4) is 0 Å². The van der Waals surface area contributed by atoms with Crippen molar-refractivity contribution < 1.29 is 29.0 Å². The van der Waals surface area contributed by atoms with E-state index in [9.17, 15) is 24.6 Å². The lowest BCUT2D eigenvalue weighted by Crippen LogP contribution is -2.33. The number of carbonyl (C=O) groups excluding carboxylic acids is 2. The maximum Gasteiger partial charge on any atom is 0.340 e. The highest BCUT2D eigenvalue weighted by Gasteiger charge is 2.17. The van der Waals surface area contributed by atoms with Crippen LogP contribution in [0, 0.1) is 6.92 Å². The molecule has 0 aliphatic rings. The number of benzene rings is 2. The molecule has 0 fully saturated rings. The second-order valence-corrected chi connectivity index (χ2v) is 5.93. The van der Waals surface area contributed by atoms with Gasteiger partial charge in [-0.3, -0.25) is 0 Å². The van der Waals surface area contributed by atoms with Gasteiger partial charge in [-0.25, -0.2) is 4.79 Å². The summed E-state index contributed by atoms with van der Waals surface area (Å²) in [7, 11) is 0. The van der Waals surface area contributed by atoms with Crippen molar-refractivity contribution in [2.45, 2.75) is 19.4 Å². The van der Waals surface area contributed by atoms with Crippen molar-refractivity contribution in [3.63, 3.8) is 0 Å². The summed E-state index contributed by atoms with van der Waals surface area (Å²) in [6.07, 6.45) is -1.89. The zero-order chi connectivity index (χ0) is 19.6. The second kappa shape index (κ2) is 7.33. The Balaban J connectivity index is 2.00. The Morgan fingerprint density at radius 2 is 1.81 bits per heavy atom. The highest BCUT2D eigenvalue weighted by molar-refractivity contribution is 5.83. The third-order valence-corrected chi connectivity index (χ3v) is 4.15. The molecule has 0 radical (unpaired) electrons. The normalized spacial score (nSPS) is 11.9. The minimum Gasteiger partial charge on any atom is -0.550 e. The molecule has 0 aliphatic heterocycles. The summed E-state index contributed by atoms with van der Waals surface area (Å²) in [5.74, 6) is -2.64. The Labute approximate surface area is 153 Å². The Morgan fingerprint density at radius 3 is 2.44 bits per heavy atom. The summed E-state index contributed by atoms with van der Waals surface area (Å²) < 4.78 is 10.7. The molecule has 2 aromatic carbocycles. The van der Waals surface area contributed by atoms with Crippen LogP contribution in [0.1, 0.15) is 22.8 Å². The van der Waals surface area contributed by atoms with E-state index in [-0.39, 0.29) is 16.9 Å². The molecule has 0 saturated carbocycles. The average molecular weight is 366 g/mol. The number of hydrogen-bond acceptors (Lipinski definition) is 7. The van der Waals surface area contributed by atoms with Gasteiger partial charge in [0.1, 0.15) is 11.3 Å². The fraction of sp³-hybridized carbons (Fsp3) is 0.150. The zero-order valence-corrected chi connectivity index (χ0v) is 14.3. The molecule has 0 amide bonds. The molecule has 3 aromatic rings. The van der Waals surface area contributed by atoms with Crippen molar-refractivity contribution in [2.75, 3.05) is 0 Å². The van der Waals surface area contributed by atoms with Crippen molar-refractivity contribution in [1.82, 2.24) is 0 Å². The van der Waals surface area contributed by atoms with Gasteiger partial charge in [0.25, 0.3) is 0 Å². The number of ether oxygens (including phenoxy) is 1. The molecular formula is C20H14O7-2. The van der Waals surface area contributed by atoms with Gasteiger partial charge in [-0.1, -0.05) is 30.3 Å². The molecule has 1 aromatic heterocycles. The van der Waals surface area contributed by atoms with Gasteiger partial charge >= 0.3 is 5.63 Å². The van der Waals surface area contributed by atoms with Crippen LogP contribution in [0.2, 0.25) is 0 Å². The van der Waals surface area contributed by atoms with Crippen molar-refractivity contribution in [3.05, 3.63) is 75.6 Å². The molecule has 0 aliphatic carbocycles. The summed E-state index contributed by atoms with van der Waals surface area (Å²) in [5.41, 5.74) is 0.229. The van der Waals surface area contributed by atoms with Crippen molar-refractivity contribution in [1.29, 1.82) is 0 Å². The summed E-state index contributed by atoms with van der Waals surface area (Å²) in [6, 6.07) is 12.7. The highest BCUT2D eigenvalue weighted by Crippen LogP contribution is 2.27. The minimum atomic E-state index is -1.41. The molecule has 0 N–H and O–H groups in total. The van der Waals surface area contributed by atoms with E-state index in [0.717, 1.165) is 0 Å². The van der Waals surface area contributed by atoms with E-state index in [1.54, 1.807) is 43.3 Å². The highest BCUT2D eigenvalue weighted by atomic mass is 16.5. The van der Waals surface area contributed by atoms with Crippen LogP contribution >= 0.6 is 0 Å². The lowest BCUT2D eigenvalue weighted by molar-refractivity contribution is -0.314. The maximum absolute atomic E-state index is 12.1. The molecule has 1 heterocycles. The third-order valence-electron chi connectivity index (χ3n) is 4.15. The van der Waals surface area contributed by atoms with Gasteiger partial charge in [0.2, 0.25) is 0 Å². The Kier molecular flexibility index (Phi) is 4.94. The largest absolute Gasteiger partial charge is 0.550 e.